The number of aliphatic hydroxyl groups excluding tert-OH is 1. The Bertz CT molecular complexity index is 191. The van der Waals surface area contributed by atoms with Crippen LogP contribution in [0.4, 0.5) is 0 Å². The molecule has 0 rings (SSSR count). The third kappa shape index (κ3) is 4.07. The number of amides is 1. The van der Waals surface area contributed by atoms with Crippen molar-refractivity contribution in [3.05, 3.63) is 0 Å². The summed E-state index contributed by atoms with van der Waals surface area (Å²) < 4.78 is 0. The van der Waals surface area contributed by atoms with Gasteiger partial charge in [-0.15, -0.1) is 0 Å². The molecule has 4 nitrogen and oxygen atoms in total. The van der Waals surface area contributed by atoms with Crippen molar-refractivity contribution >= 4 is 5.91 Å². The van der Waals surface area contributed by atoms with Gasteiger partial charge in [-0.05, 0) is 11.3 Å². The first kappa shape index (κ1) is 13.4. The van der Waals surface area contributed by atoms with Crippen molar-refractivity contribution in [2.45, 2.75) is 33.7 Å². The largest absolute Gasteiger partial charge is 0.394 e. The number of nitrogens with one attached hydrogen (secondary N) is 1. The summed E-state index contributed by atoms with van der Waals surface area (Å²) in [6.45, 7) is 8.66. The van der Waals surface area contributed by atoms with E-state index in [1.807, 2.05) is 0 Å². The highest BCUT2D eigenvalue weighted by Gasteiger charge is 2.23. The second-order valence-electron chi connectivity index (χ2n) is 4.65. The van der Waals surface area contributed by atoms with Crippen LogP contribution in [0.3, 0.4) is 0 Å². The second-order valence-corrected chi connectivity index (χ2v) is 4.65. The van der Waals surface area contributed by atoms with Crippen molar-refractivity contribution in [3.63, 3.8) is 0 Å². The average molecular weight is 202 g/mol. The molecule has 1 atom stereocenters. The molecule has 0 aromatic heterocycles. The highest BCUT2D eigenvalue weighted by atomic mass is 16.3. The standard InChI is InChI=1S/C10H22N2O2/c1-7(2)10(3,4)6-12-9(14)8(11)5-13/h7-8,13H,5-6,11H2,1-4H3,(H,12,14). The fourth-order valence-corrected chi connectivity index (χ4v) is 0.733. The number of nitrogens with two attached hydrogens (primary N) is 1. The summed E-state index contributed by atoms with van der Waals surface area (Å²) in [5.41, 5.74) is 5.41. The summed E-state index contributed by atoms with van der Waals surface area (Å²) in [7, 11) is 0. The first-order valence-electron chi connectivity index (χ1n) is 4.95. The Morgan fingerprint density at radius 2 is 2.00 bits per heavy atom. The Hall–Kier alpha value is -0.610. The van der Waals surface area contributed by atoms with Gasteiger partial charge in [-0.1, -0.05) is 27.7 Å². The summed E-state index contributed by atoms with van der Waals surface area (Å²) >= 11 is 0. The molecule has 0 bridgehead atoms. The fourth-order valence-electron chi connectivity index (χ4n) is 0.733. The minimum absolute atomic E-state index is 0.0465. The van der Waals surface area contributed by atoms with E-state index in [2.05, 4.69) is 33.0 Å². The number of carbonyl (C=O) groups is 1. The molecular formula is C10H22N2O2. The minimum Gasteiger partial charge on any atom is -0.394 e. The van der Waals surface area contributed by atoms with Crippen LogP contribution in [-0.2, 0) is 4.79 Å². The normalized spacial score (nSPS) is 14.2. The molecule has 0 spiro atoms. The van der Waals surface area contributed by atoms with E-state index in [0.717, 1.165) is 0 Å². The van der Waals surface area contributed by atoms with Crippen LogP contribution in [0, 0.1) is 11.3 Å². The lowest BCUT2D eigenvalue weighted by molar-refractivity contribution is -0.123. The van der Waals surface area contributed by atoms with Crippen molar-refractivity contribution in [1.82, 2.24) is 5.32 Å². The molecule has 1 amide bonds. The lowest BCUT2D eigenvalue weighted by atomic mass is 9.81. The fraction of sp³-hybridized carbons (Fsp3) is 0.900. The van der Waals surface area contributed by atoms with Gasteiger partial charge in [-0.25, -0.2) is 0 Å². The molecular weight excluding hydrogens is 180 g/mol. The predicted octanol–water partition coefficient (Wildman–Crippen LogP) is 0.104. The monoisotopic (exact) mass is 202 g/mol. The van der Waals surface area contributed by atoms with Crippen LogP contribution >= 0.6 is 0 Å². The summed E-state index contributed by atoms with van der Waals surface area (Å²) in [4.78, 5) is 11.2. The number of rotatable bonds is 5. The van der Waals surface area contributed by atoms with Gasteiger partial charge >= 0.3 is 0 Å². The molecule has 4 N–H and O–H groups in total. The Labute approximate surface area is 85.9 Å². The van der Waals surface area contributed by atoms with Gasteiger partial charge in [0.2, 0.25) is 5.91 Å². The second kappa shape index (κ2) is 5.32. The van der Waals surface area contributed by atoms with E-state index in [1.165, 1.54) is 0 Å². The van der Waals surface area contributed by atoms with Crippen LogP contribution < -0.4 is 11.1 Å². The van der Waals surface area contributed by atoms with Crippen molar-refractivity contribution in [1.29, 1.82) is 0 Å². The number of aliphatic hydroxyl groups is 1. The Morgan fingerprint density at radius 1 is 1.50 bits per heavy atom. The third-order valence-corrected chi connectivity index (χ3v) is 2.81. The first-order chi connectivity index (χ1) is 6.31. The molecule has 0 aromatic rings. The van der Waals surface area contributed by atoms with Gasteiger partial charge in [0.05, 0.1) is 6.61 Å². The van der Waals surface area contributed by atoms with E-state index >= 15 is 0 Å². The zero-order valence-electron chi connectivity index (χ0n) is 9.50. The van der Waals surface area contributed by atoms with E-state index in [4.69, 9.17) is 10.8 Å². The summed E-state index contributed by atoms with van der Waals surface area (Å²) in [5.74, 6) is 0.189. The van der Waals surface area contributed by atoms with Gasteiger partial charge in [0.1, 0.15) is 6.04 Å². The van der Waals surface area contributed by atoms with Crippen LogP contribution in [0.2, 0.25) is 0 Å². The topological polar surface area (TPSA) is 75.4 Å². The van der Waals surface area contributed by atoms with E-state index in [0.29, 0.717) is 12.5 Å². The van der Waals surface area contributed by atoms with Gasteiger partial charge in [0.25, 0.3) is 0 Å². The van der Waals surface area contributed by atoms with E-state index in [1.54, 1.807) is 0 Å². The quantitative estimate of drug-likeness (QED) is 0.592. The zero-order chi connectivity index (χ0) is 11.4. The van der Waals surface area contributed by atoms with Crippen molar-refractivity contribution in [3.8, 4) is 0 Å². The Balaban J connectivity index is 4.00. The molecule has 0 heterocycles. The zero-order valence-corrected chi connectivity index (χ0v) is 9.50. The van der Waals surface area contributed by atoms with E-state index in [9.17, 15) is 4.79 Å². The predicted molar refractivity (Wildman–Crippen MR) is 56.7 cm³/mol. The third-order valence-electron chi connectivity index (χ3n) is 2.81. The molecule has 4 heteroatoms. The van der Waals surface area contributed by atoms with Gasteiger partial charge in [0, 0.05) is 6.54 Å². The van der Waals surface area contributed by atoms with Crippen LogP contribution in [0.5, 0.6) is 0 Å². The maximum absolute atomic E-state index is 11.2. The molecule has 0 aliphatic heterocycles. The van der Waals surface area contributed by atoms with E-state index < -0.39 is 6.04 Å². The maximum atomic E-state index is 11.2. The van der Waals surface area contributed by atoms with Crippen LogP contribution in [0.15, 0.2) is 0 Å². The molecule has 0 aromatic carbocycles. The van der Waals surface area contributed by atoms with Gasteiger partial charge in [0.15, 0.2) is 0 Å². The van der Waals surface area contributed by atoms with Gasteiger partial charge < -0.3 is 16.2 Å². The molecule has 0 saturated carbocycles. The lowest BCUT2D eigenvalue weighted by Gasteiger charge is -2.29. The highest BCUT2D eigenvalue weighted by molar-refractivity contribution is 5.81. The summed E-state index contributed by atoms with van der Waals surface area (Å²) in [6.07, 6.45) is 0. The lowest BCUT2D eigenvalue weighted by Crippen LogP contribution is -2.46. The number of carbonyl (C=O) groups excluding carboxylic acids is 1. The number of hydrogen-bond donors (Lipinski definition) is 3. The summed E-state index contributed by atoms with van der Waals surface area (Å²) in [5, 5.41) is 11.4. The molecule has 0 aliphatic rings. The Kier molecular flexibility index (Phi) is 5.08. The molecule has 0 fully saturated rings. The van der Waals surface area contributed by atoms with Crippen LogP contribution in [0.25, 0.3) is 0 Å². The number of hydrogen-bond acceptors (Lipinski definition) is 3. The molecule has 0 radical (unpaired) electrons. The molecule has 0 saturated heterocycles. The van der Waals surface area contributed by atoms with Crippen molar-refractivity contribution in [2.24, 2.45) is 17.1 Å². The minimum atomic E-state index is -0.807. The Morgan fingerprint density at radius 3 is 2.36 bits per heavy atom. The van der Waals surface area contributed by atoms with E-state index in [-0.39, 0.29) is 17.9 Å². The van der Waals surface area contributed by atoms with Crippen molar-refractivity contribution in [2.75, 3.05) is 13.2 Å². The average Bonchev–Trinajstić information content (AvgIpc) is 2.12. The molecule has 1 unspecified atom stereocenters. The first-order valence-corrected chi connectivity index (χ1v) is 4.95. The van der Waals surface area contributed by atoms with Gasteiger partial charge in [-0.2, -0.15) is 0 Å². The highest BCUT2D eigenvalue weighted by Crippen LogP contribution is 2.24. The van der Waals surface area contributed by atoms with Crippen LogP contribution in [0.1, 0.15) is 27.7 Å². The van der Waals surface area contributed by atoms with Crippen LogP contribution in [-0.4, -0.2) is 30.2 Å². The molecule has 0 aliphatic carbocycles. The molecule has 84 valence electrons. The smallest absolute Gasteiger partial charge is 0.239 e. The van der Waals surface area contributed by atoms with Gasteiger partial charge in [-0.3, -0.25) is 4.79 Å². The molecule has 14 heavy (non-hydrogen) atoms. The SMILES string of the molecule is CC(C)C(C)(C)CNC(=O)C(N)CO. The van der Waals surface area contributed by atoms with Crippen molar-refractivity contribution < 1.29 is 9.90 Å². The maximum Gasteiger partial charge on any atom is 0.239 e. The summed E-state index contributed by atoms with van der Waals surface area (Å²) in [6, 6.07) is -0.807.